The normalized spacial score (nSPS) is 54.8. The van der Waals surface area contributed by atoms with E-state index < -0.39 is 0 Å². The molecule has 0 radical (unpaired) electrons. The number of hydrogen-bond acceptors (Lipinski definition) is 1. The van der Waals surface area contributed by atoms with Crippen LogP contribution in [-0.4, -0.2) is 11.2 Å². The predicted molar refractivity (Wildman–Crippen MR) is 45.2 cm³/mol. The Morgan fingerprint density at radius 3 is 2.27 bits per heavy atom. The van der Waals surface area contributed by atoms with E-state index in [9.17, 15) is 5.11 Å². The predicted octanol–water partition coefficient (Wildman–Crippen LogP) is 2.05. The summed E-state index contributed by atoms with van der Waals surface area (Å²) in [6.07, 6.45) is 2.44. The maximum absolute atomic E-state index is 9.61. The van der Waals surface area contributed by atoms with Gasteiger partial charge in [-0.15, -0.1) is 0 Å². The summed E-state index contributed by atoms with van der Waals surface area (Å²) < 4.78 is 0. The first kappa shape index (κ1) is 7.60. The van der Waals surface area contributed by atoms with Crippen LogP contribution < -0.4 is 0 Å². The lowest BCUT2D eigenvalue weighted by atomic mass is 9.89. The van der Waals surface area contributed by atoms with Crippen molar-refractivity contribution in [2.75, 3.05) is 0 Å². The average Bonchev–Trinajstić information content (AvgIpc) is 2.57. The second kappa shape index (κ2) is 2.01. The van der Waals surface area contributed by atoms with E-state index in [0.29, 0.717) is 11.3 Å². The fraction of sp³-hybridized carbons (Fsp3) is 1.00. The van der Waals surface area contributed by atoms with E-state index in [2.05, 4.69) is 20.8 Å². The summed E-state index contributed by atoms with van der Waals surface area (Å²) >= 11 is 0. The van der Waals surface area contributed by atoms with Gasteiger partial charge in [0, 0.05) is 0 Å². The van der Waals surface area contributed by atoms with Crippen LogP contribution in [0.1, 0.15) is 33.6 Å². The third-order valence-corrected chi connectivity index (χ3v) is 4.16. The summed E-state index contributed by atoms with van der Waals surface area (Å²) in [5.41, 5.74) is 0.554. The number of aliphatic hydroxyl groups is 1. The van der Waals surface area contributed by atoms with Crippen molar-refractivity contribution in [2.24, 2.45) is 23.2 Å². The van der Waals surface area contributed by atoms with Crippen molar-refractivity contribution >= 4 is 0 Å². The van der Waals surface area contributed by atoms with E-state index in [-0.39, 0.29) is 6.10 Å². The molecule has 1 N–H and O–H groups in total. The highest BCUT2D eigenvalue weighted by atomic mass is 16.3. The minimum atomic E-state index is -0.00356. The first-order valence-electron chi connectivity index (χ1n) is 4.76. The fourth-order valence-electron chi connectivity index (χ4n) is 3.04. The van der Waals surface area contributed by atoms with Crippen LogP contribution in [0.4, 0.5) is 0 Å². The highest BCUT2D eigenvalue weighted by Gasteiger charge is 2.64. The number of fused-ring (bicyclic) bond motifs is 1. The van der Waals surface area contributed by atoms with Crippen molar-refractivity contribution in [1.82, 2.24) is 0 Å². The first-order valence-corrected chi connectivity index (χ1v) is 4.76. The van der Waals surface area contributed by atoms with Gasteiger partial charge in [0.2, 0.25) is 0 Å². The molecule has 1 nitrogen and oxygen atoms in total. The van der Waals surface area contributed by atoms with Crippen LogP contribution in [0.15, 0.2) is 0 Å². The molecule has 0 bridgehead atoms. The van der Waals surface area contributed by atoms with Crippen molar-refractivity contribution in [3.05, 3.63) is 0 Å². The number of hydrogen-bond donors (Lipinski definition) is 1. The second-order valence-electron chi connectivity index (χ2n) is 4.83. The van der Waals surface area contributed by atoms with Crippen molar-refractivity contribution in [3.63, 3.8) is 0 Å². The van der Waals surface area contributed by atoms with Crippen LogP contribution in [0.25, 0.3) is 0 Å². The van der Waals surface area contributed by atoms with Crippen LogP contribution in [0, 0.1) is 23.2 Å². The SMILES string of the molecule is CC1C(O)C[C@]2(C(C)C)C[C@H]12. The minimum absolute atomic E-state index is 0.00356. The van der Waals surface area contributed by atoms with Gasteiger partial charge in [0.05, 0.1) is 6.10 Å². The highest BCUT2D eigenvalue weighted by Crippen LogP contribution is 2.69. The third kappa shape index (κ3) is 0.807. The van der Waals surface area contributed by atoms with E-state index in [1.807, 2.05) is 0 Å². The quantitative estimate of drug-likeness (QED) is 0.613. The number of aliphatic hydroxyl groups excluding tert-OH is 1. The van der Waals surface area contributed by atoms with Crippen LogP contribution >= 0.6 is 0 Å². The van der Waals surface area contributed by atoms with Gasteiger partial charge in [-0.05, 0) is 36.0 Å². The molecule has 0 aliphatic heterocycles. The molecule has 0 aromatic rings. The van der Waals surface area contributed by atoms with Crippen molar-refractivity contribution in [3.8, 4) is 0 Å². The standard InChI is InChI=1S/C10H18O/c1-6(2)10-4-8(10)7(3)9(11)5-10/h6-9,11H,4-5H2,1-3H3/t7?,8-,9?,10+/m1/s1. The van der Waals surface area contributed by atoms with Gasteiger partial charge >= 0.3 is 0 Å². The van der Waals surface area contributed by atoms with Crippen molar-refractivity contribution in [2.45, 2.75) is 39.7 Å². The van der Waals surface area contributed by atoms with Crippen molar-refractivity contribution in [1.29, 1.82) is 0 Å². The molecule has 0 spiro atoms. The molecule has 0 aromatic heterocycles. The van der Waals surface area contributed by atoms with E-state index in [1.54, 1.807) is 0 Å². The molecule has 0 heterocycles. The van der Waals surface area contributed by atoms with E-state index >= 15 is 0 Å². The van der Waals surface area contributed by atoms with Gasteiger partial charge in [0.25, 0.3) is 0 Å². The molecule has 2 fully saturated rings. The Hall–Kier alpha value is -0.0400. The Balaban J connectivity index is 2.13. The van der Waals surface area contributed by atoms with Crippen LogP contribution in [-0.2, 0) is 0 Å². The first-order chi connectivity index (χ1) is 5.08. The molecule has 0 aromatic carbocycles. The van der Waals surface area contributed by atoms with Gasteiger partial charge in [-0.25, -0.2) is 0 Å². The largest absolute Gasteiger partial charge is 0.393 e. The second-order valence-corrected chi connectivity index (χ2v) is 4.83. The van der Waals surface area contributed by atoms with Crippen LogP contribution in [0.5, 0.6) is 0 Å². The molecule has 2 unspecified atom stereocenters. The number of rotatable bonds is 1. The monoisotopic (exact) mass is 154 g/mol. The van der Waals surface area contributed by atoms with E-state index in [1.165, 1.54) is 6.42 Å². The highest BCUT2D eigenvalue weighted by molar-refractivity contribution is 5.13. The molecule has 2 saturated carbocycles. The average molecular weight is 154 g/mol. The van der Waals surface area contributed by atoms with Crippen LogP contribution in [0.2, 0.25) is 0 Å². The Bertz CT molecular complexity index is 176. The van der Waals surface area contributed by atoms with Gasteiger partial charge in [-0.3, -0.25) is 0 Å². The fourth-order valence-corrected chi connectivity index (χ4v) is 3.04. The Labute approximate surface area is 68.8 Å². The molecule has 1 heteroatoms. The zero-order valence-corrected chi connectivity index (χ0v) is 7.67. The van der Waals surface area contributed by atoms with E-state index in [0.717, 1.165) is 18.3 Å². The topological polar surface area (TPSA) is 20.2 Å². The Morgan fingerprint density at radius 1 is 1.36 bits per heavy atom. The minimum Gasteiger partial charge on any atom is -0.393 e. The summed E-state index contributed by atoms with van der Waals surface area (Å²) in [7, 11) is 0. The molecule has 0 amide bonds. The smallest absolute Gasteiger partial charge is 0.0574 e. The summed E-state index contributed by atoms with van der Waals surface area (Å²) in [5.74, 6) is 2.18. The lowest BCUT2D eigenvalue weighted by Gasteiger charge is -2.17. The lowest BCUT2D eigenvalue weighted by Crippen LogP contribution is -2.15. The summed E-state index contributed by atoms with van der Waals surface area (Å²) in [6, 6.07) is 0. The Kier molecular flexibility index (Phi) is 1.39. The van der Waals surface area contributed by atoms with Crippen LogP contribution in [0.3, 0.4) is 0 Å². The molecule has 4 atom stereocenters. The summed E-state index contributed by atoms with van der Waals surface area (Å²) in [5, 5.41) is 9.61. The molecular formula is C10H18O. The van der Waals surface area contributed by atoms with Crippen molar-refractivity contribution < 1.29 is 5.11 Å². The Morgan fingerprint density at radius 2 is 2.00 bits per heavy atom. The molecule has 11 heavy (non-hydrogen) atoms. The molecular weight excluding hydrogens is 136 g/mol. The summed E-state index contributed by atoms with van der Waals surface area (Å²) in [6.45, 7) is 6.79. The van der Waals surface area contributed by atoms with Gasteiger partial charge in [-0.2, -0.15) is 0 Å². The van der Waals surface area contributed by atoms with Gasteiger partial charge in [0.1, 0.15) is 0 Å². The lowest BCUT2D eigenvalue weighted by molar-refractivity contribution is 0.113. The molecule has 2 rings (SSSR count). The summed E-state index contributed by atoms with van der Waals surface area (Å²) in [4.78, 5) is 0. The molecule has 64 valence electrons. The molecule has 2 aliphatic rings. The maximum Gasteiger partial charge on any atom is 0.0574 e. The zero-order valence-electron chi connectivity index (χ0n) is 7.67. The van der Waals surface area contributed by atoms with Gasteiger partial charge in [0.15, 0.2) is 0 Å². The molecule has 0 saturated heterocycles. The maximum atomic E-state index is 9.61. The molecule has 2 aliphatic carbocycles. The third-order valence-electron chi connectivity index (χ3n) is 4.16. The van der Waals surface area contributed by atoms with Gasteiger partial charge < -0.3 is 5.11 Å². The van der Waals surface area contributed by atoms with Gasteiger partial charge in [-0.1, -0.05) is 20.8 Å². The van der Waals surface area contributed by atoms with E-state index in [4.69, 9.17) is 0 Å². The zero-order chi connectivity index (χ0) is 8.22.